The SMILES string of the molecule is Cc1cccc([C@H]2OC(=O)[C@]3(O2)C(=O)N(c2ccccc2)[C@@H]3c2ccc(Cl)cc2)c1. The van der Waals surface area contributed by atoms with Crippen molar-refractivity contribution in [2.75, 3.05) is 4.90 Å². The number of ether oxygens (including phenoxy) is 2. The van der Waals surface area contributed by atoms with E-state index in [0.717, 1.165) is 11.1 Å². The second-order valence-electron chi connectivity index (χ2n) is 7.47. The molecule has 5 rings (SSSR count). The maximum absolute atomic E-state index is 13.4. The summed E-state index contributed by atoms with van der Waals surface area (Å²) in [5.74, 6) is -1.11. The molecule has 150 valence electrons. The van der Waals surface area contributed by atoms with Gasteiger partial charge in [-0.3, -0.25) is 9.69 Å². The topological polar surface area (TPSA) is 55.8 Å². The zero-order chi connectivity index (χ0) is 20.9. The summed E-state index contributed by atoms with van der Waals surface area (Å²) in [6.07, 6.45) is -0.936. The van der Waals surface area contributed by atoms with Crippen LogP contribution in [0.1, 0.15) is 29.0 Å². The number of hydrogen-bond acceptors (Lipinski definition) is 4. The number of aryl methyl sites for hydroxylation is 1. The number of para-hydroxylation sites is 1. The Morgan fingerprint density at radius 1 is 0.900 bits per heavy atom. The highest BCUT2D eigenvalue weighted by atomic mass is 35.5. The molecule has 0 radical (unpaired) electrons. The van der Waals surface area contributed by atoms with E-state index in [-0.39, 0.29) is 0 Å². The summed E-state index contributed by atoms with van der Waals surface area (Å²) in [5.41, 5.74) is 1.40. The summed E-state index contributed by atoms with van der Waals surface area (Å²) in [6, 6.07) is 23.1. The Hall–Kier alpha value is -3.15. The molecule has 2 saturated heterocycles. The standard InChI is InChI=1S/C24H18ClNO4/c1-15-6-5-7-17(14-15)21-29-23(28)24(30-21)20(16-10-12-18(25)13-11-16)26(22(24)27)19-8-3-2-4-9-19/h2-14,20-21H,1H3/t20-,21+,24-/m1/s1. The van der Waals surface area contributed by atoms with Gasteiger partial charge in [0.25, 0.3) is 11.5 Å². The number of nitrogens with zero attached hydrogens (tertiary/aromatic N) is 1. The number of β-lactam (4-membered cyclic amide) rings is 1. The van der Waals surface area contributed by atoms with Crippen LogP contribution in [0.25, 0.3) is 0 Å². The zero-order valence-electron chi connectivity index (χ0n) is 16.1. The average Bonchev–Trinajstić information content (AvgIpc) is 3.12. The first-order valence-electron chi connectivity index (χ1n) is 9.60. The molecule has 0 bridgehead atoms. The Balaban J connectivity index is 1.58. The average molecular weight is 420 g/mol. The lowest BCUT2D eigenvalue weighted by Crippen LogP contribution is -2.71. The predicted molar refractivity (Wildman–Crippen MR) is 112 cm³/mol. The van der Waals surface area contributed by atoms with Crippen LogP contribution in [0.5, 0.6) is 0 Å². The number of esters is 1. The molecule has 0 aromatic heterocycles. The number of amides is 1. The van der Waals surface area contributed by atoms with Crippen molar-refractivity contribution in [1.29, 1.82) is 0 Å². The summed E-state index contributed by atoms with van der Waals surface area (Å²) < 4.78 is 11.7. The number of cyclic esters (lactones) is 1. The van der Waals surface area contributed by atoms with Crippen molar-refractivity contribution >= 4 is 29.2 Å². The van der Waals surface area contributed by atoms with Crippen molar-refractivity contribution in [2.24, 2.45) is 0 Å². The van der Waals surface area contributed by atoms with Gasteiger partial charge in [0.2, 0.25) is 6.29 Å². The van der Waals surface area contributed by atoms with Crippen molar-refractivity contribution in [2.45, 2.75) is 24.9 Å². The van der Waals surface area contributed by atoms with Crippen LogP contribution in [0.15, 0.2) is 78.9 Å². The number of hydrogen-bond donors (Lipinski definition) is 0. The molecule has 2 fully saturated rings. The molecule has 1 amide bonds. The van der Waals surface area contributed by atoms with Crippen molar-refractivity contribution < 1.29 is 19.1 Å². The second-order valence-corrected chi connectivity index (χ2v) is 7.91. The van der Waals surface area contributed by atoms with Gasteiger partial charge in [0.15, 0.2) is 0 Å². The maximum Gasteiger partial charge on any atom is 0.353 e. The van der Waals surface area contributed by atoms with E-state index in [2.05, 4.69) is 0 Å². The van der Waals surface area contributed by atoms with Crippen LogP contribution < -0.4 is 4.90 Å². The number of anilines is 1. The van der Waals surface area contributed by atoms with Crippen LogP contribution in [-0.4, -0.2) is 17.5 Å². The van der Waals surface area contributed by atoms with Crippen molar-refractivity contribution in [1.82, 2.24) is 0 Å². The van der Waals surface area contributed by atoms with Gasteiger partial charge in [-0.25, -0.2) is 4.79 Å². The van der Waals surface area contributed by atoms with Crippen molar-refractivity contribution in [3.05, 3.63) is 101 Å². The molecule has 0 unspecified atom stereocenters. The van der Waals surface area contributed by atoms with Crippen molar-refractivity contribution in [3.8, 4) is 0 Å². The fourth-order valence-electron chi connectivity index (χ4n) is 4.10. The van der Waals surface area contributed by atoms with E-state index in [0.29, 0.717) is 16.3 Å². The molecule has 2 aliphatic rings. The van der Waals surface area contributed by atoms with Gasteiger partial charge in [-0.05, 0) is 42.8 Å². The lowest BCUT2D eigenvalue weighted by molar-refractivity contribution is -0.168. The summed E-state index contributed by atoms with van der Waals surface area (Å²) >= 11 is 6.05. The van der Waals surface area contributed by atoms with Crippen LogP contribution in [0, 0.1) is 6.92 Å². The number of carbonyl (C=O) groups is 2. The normalized spacial score (nSPS) is 25.3. The molecule has 0 saturated carbocycles. The third kappa shape index (κ3) is 2.74. The first-order valence-corrected chi connectivity index (χ1v) is 9.98. The number of carbonyl (C=O) groups excluding carboxylic acids is 2. The Bertz CT molecular complexity index is 1130. The van der Waals surface area contributed by atoms with E-state index in [1.165, 1.54) is 0 Å². The van der Waals surface area contributed by atoms with Gasteiger partial charge >= 0.3 is 5.97 Å². The molecule has 3 aromatic carbocycles. The van der Waals surface area contributed by atoms with E-state index in [4.69, 9.17) is 21.1 Å². The van der Waals surface area contributed by atoms with Gasteiger partial charge in [0, 0.05) is 16.3 Å². The van der Waals surface area contributed by atoms with Gasteiger partial charge < -0.3 is 9.47 Å². The molecule has 6 heteroatoms. The van der Waals surface area contributed by atoms with Gasteiger partial charge in [-0.2, -0.15) is 0 Å². The zero-order valence-corrected chi connectivity index (χ0v) is 16.9. The summed E-state index contributed by atoms with van der Waals surface area (Å²) in [5, 5.41) is 0.567. The highest BCUT2D eigenvalue weighted by Crippen LogP contribution is 2.54. The lowest BCUT2D eigenvalue weighted by Gasteiger charge is -2.50. The molecule has 30 heavy (non-hydrogen) atoms. The van der Waals surface area contributed by atoms with Gasteiger partial charge in [0.05, 0.1) is 0 Å². The van der Waals surface area contributed by atoms with Gasteiger partial charge in [-0.1, -0.05) is 65.7 Å². The number of halogens is 1. The minimum Gasteiger partial charge on any atom is -0.429 e. The summed E-state index contributed by atoms with van der Waals surface area (Å²) in [7, 11) is 0. The molecular weight excluding hydrogens is 402 g/mol. The Kier molecular flexibility index (Phi) is 4.38. The van der Waals surface area contributed by atoms with E-state index in [1.807, 2.05) is 61.5 Å². The Morgan fingerprint density at radius 3 is 2.33 bits per heavy atom. The van der Waals surface area contributed by atoms with E-state index in [9.17, 15) is 9.59 Å². The minimum absolute atomic E-state index is 0.436. The van der Waals surface area contributed by atoms with Crippen LogP contribution in [-0.2, 0) is 19.1 Å². The van der Waals surface area contributed by atoms with E-state index in [1.54, 1.807) is 29.2 Å². The monoisotopic (exact) mass is 419 g/mol. The number of rotatable bonds is 3. The summed E-state index contributed by atoms with van der Waals surface area (Å²) in [6.45, 7) is 1.94. The van der Waals surface area contributed by atoms with Crippen LogP contribution >= 0.6 is 11.6 Å². The quantitative estimate of drug-likeness (QED) is 0.349. The first kappa shape index (κ1) is 18.9. The maximum atomic E-state index is 13.4. The van der Waals surface area contributed by atoms with Crippen LogP contribution in [0.3, 0.4) is 0 Å². The molecule has 1 spiro atoms. The van der Waals surface area contributed by atoms with Crippen molar-refractivity contribution in [3.63, 3.8) is 0 Å². The van der Waals surface area contributed by atoms with Gasteiger partial charge in [0.1, 0.15) is 6.04 Å². The number of benzene rings is 3. The van der Waals surface area contributed by atoms with Gasteiger partial charge in [-0.15, -0.1) is 0 Å². The molecule has 3 aromatic rings. The molecule has 5 nitrogen and oxygen atoms in total. The fourth-order valence-corrected chi connectivity index (χ4v) is 4.23. The molecule has 0 aliphatic carbocycles. The predicted octanol–water partition coefficient (Wildman–Crippen LogP) is 4.75. The molecule has 0 N–H and O–H groups in total. The molecular formula is C24H18ClNO4. The van der Waals surface area contributed by atoms with Crippen LogP contribution in [0.4, 0.5) is 5.69 Å². The van der Waals surface area contributed by atoms with E-state index < -0.39 is 29.8 Å². The lowest BCUT2D eigenvalue weighted by atomic mass is 9.77. The smallest absolute Gasteiger partial charge is 0.353 e. The second kappa shape index (κ2) is 6.97. The Labute approximate surface area is 178 Å². The molecule has 2 aliphatic heterocycles. The fraction of sp³-hybridized carbons (Fsp3) is 0.167. The Morgan fingerprint density at radius 2 is 1.63 bits per heavy atom. The first-order chi connectivity index (χ1) is 14.5. The summed E-state index contributed by atoms with van der Waals surface area (Å²) in [4.78, 5) is 28.0. The highest BCUT2D eigenvalue weighted by molar-refractivity contribution is 6.30. The minimum atomic E-state index is -1.72. The third-order valence-electron chi connectivity index (χ3n) is 5.52. The third-order valence-corrected chi connectivity index (χ3v) is 5.78. The molecule has 3 atom stereocenters. The molecule has 2 heterocycles. The van der Waals surface area contributed by atoms with E-state index >= 15 is 0 Å². The highest BCUT2D eigenvalue weighted by Gasteiger charge is 2.73. The van der Waals surface area contributed by atoms with Crippen LogP contribution in [0.2, 0.25) is 5.02 Å². The largest absolute Gasteiger partial charge is 0.429 e.